The van der Waals surface area contributed by atoms with E-state index in [1.54, 1.807) is 22.2 Å². The fourth-order valence-corrected chi connectivity index (χ4v) is 4.71. The summed E-state index contributed by atoms with van der Waals surface area (Å²) >= 11 is 3.66. The van der Waals surface area contributed by atoms with E-state index in [9.17, 15) is 0 Å². The van der Waals surface area contributed by atoms with Crippen LogP contribution in [0.5, 0.6) is 0 Å². The van der Waals surface area contributed by atoms with Gasteiger partial charge in [0.05, 0.1) is 4.88 Å². The summed E-state index contributed by atoms with van der Waals surface area (Å²) in [6.07, 6.45) is 5.13. The second-order valence-electron chi connectivity index (χ2n) is 5.37. The van der Waals surface area contributed by atoms with Crippen LogP contribution in [0.1, 0.15) is 37.1 Å². The number of rotatable bonds is 4. The first kappa shape index (κ1) is 14.1. The summed E-state index contributed by atoms with van der Waals surface area (Å²) in [6.45, 7) is 4.45. The average molecular weight is 307 g/mol. The van der Waals surface area contributed by atoms with Gasteiger partial charge >= 0.3 is 0 Å². The predicted molar refractivity (Wildman–Crippen MR) is 86.5 cm³/mol. The van der Waals surface area contributed by atoms with E-state index in [4.69, 9.17) is 0 Å². The van der Waals surface area contributed by atoms with Crippen LogP contribution in [-0.4, -0.2) is 20.5 Å². The van der Waals surface area contributed by atoms with Crippen molar-refractivity contribution in [1.82, 2.24) is 14.8 Å². The predicted octanol–water partition coefficient (Wildman–Crippen LogP) is 4.17. The molecule has 0 saturated carbocycles. The molecular formula is C15H21N3S2. The molecule has 0 saturated heterocycles. The van der Waals surface area contributed by atoms with Gasteiger partial charge in [0, 0.05) is 11.9 Å². The molecule has 1 unspecified atom stereocenters. The van der Waals surface area contributed by atoms with Crippen LogP contribution in [-0.2, 0) is 19.9 Å². The molecule has 20 heavy (non-hydrogen) atoms. The van der Waals surface area contributed by atoms with Crippen molar-refractivity contribution in [3.63, 3.8) is 0 Å². The maximum Gasteiger partial charge on any atom is 0.191 e. The molecule has 0 radical (unpaired) electrons. The fraction of sp³-hybridized carbons (Fsp3) is 0.600. The fourth-order valence-electron chi connectivity index (χ4n) is 2.84. The molecule has 1 aliphatic rings. The molecule has 108 valence electrons. The van der Waals surface area contributed by atoms with Gasteiger partial charge in [0.25, 0.3) is 0 Å². The molecule has 0 fully saturated rings. The summed E-state index contributed by atoms with van der Waals surface area (Å²) in [5.41, 5.74) is 1.55. The Morgan fingerprint density at radius 3 is 3.00 bits per heavy atom. The molecule has 2 aromatic rings. The quantitative estimate of drug-likeness (QED) is 0.794. The first-order chi connectivity index (χ1) is 9.72. The van der Waals surface area contributed by atoms with Crippen molar-refractivity contribution in [2.45, 2.75) is 44.7 Å². The van der Waals surface area contributed by atoms with Crippen molar-refractivity contribution in [3.05, 3.63) is 16.5 Å². The van der Waals surface area contributed by atoms with Crippen molar-refractivity contribution in [3.8, 4) is 10.7 Å². The molecule has 2 aromatic heterocycles. The van der Waals surface area contributed by atoms with Crippen molar-refractivity contribution in [1.29, 1.82) is 0 Å². The van der Waals surface area contributed by atoms with Crippen molar-refractivity contribution in [2.24, 2.45) is 13.0 Å². The standard InChI is InChI=1S/C15H21N3S2/c1-4-10-6-7-12-11(8-10)9-13(20-12)14-16-17-15(18(14)3)19-5-2/h9-10H,4-8H2,1-3H3. The highest BCUT2D eigenvalue weighted by Crippen LogP contribution is 2.37. The van der Waals surface area contributed by atoms with Crippen molar-refractivity contribution in [2.75, 3.05) is 5.75 Å². The van der Waals surface area contributed by atoms with Crippen LogP contribution < -0.4 is 0 Å². The van der Waals surface area contributed by atoms with E-state index in [0.717, 1.165) is 22.7 Å². The number of fused-ring (bicyclic) bond motifs is 1. The molecule has 1 atom stereocenters. The van der Waals surface area contributed by atoms with Gasteiger partial charge in [0.1, 0.15) is 0 Å². The van der Waals surface area contributed by atoms with Crippen molar-refractivity contribution >= 4 is 23.1 Å². The molecule has 2 heterocycles. The van der Waals surface area contributed by atoms with E-state index in [1.807, 2.05) is 11.3 Å². The molecule has 3 nitrogen and oxygen atoms in total. The third-order valence-corrected chi connectivity index (χ3v) is 6.23. The number of aryl methyl sites for hydroxylation is 1. The van der Waals surface area contributed by atoms with Crippen LogP contribution in [0.2, 0.25) is 0 Å². The Morgan fingerprint density at radius 2 is 2.25 bits per heavy atom. The smallest absolute Gasteiger partial charge is 0.191 e. The summed E-state index contributed by atoms with van der Waals surface area (Å²) in [5.74, 6) is 2.93. The summed E-state index contributed by atoms with van der Waals surface area (Å²) in [5, 5.41) is 9.71. The molecule has 0 aromatic carbocycles. The maximum absolute atomic E-state index is 4.39. The second kappa shape index (κ2) is 5.90. The van der Waals surface area contributed by atoms with Gasteiger partial charge in [-0.05, 0) is 42.6 Å². The monoisotopic (exact) mass is 307 g/mol. The summed E-state index contributed by atoms with van der Waals surface area (Å²) < 4.78 is 2.13. The third kappa shape index (κ3) is 2.53. The van der Waals surface area contributed by atoms with Gasteiger partial charge < -0.3 is 4.57 Å². The Labute approximate surface area is 128 Å². The Bertz CT molecular complexity index is 600. The number of aromatic nitrogens is 3. The highest BCUT2D eigenvalue weighted by Gasteiger charge is 2.22. The summed E-state index contributed by atoms with van der Waals surface area (Å²) in [6, 6.07) is 2.35. The largest absolute Gasteiger partial charge is 0.305 e. The molecule has 0 spiro atoms. The molecule has 1 aliphatic carbocycles. The van der Waals surface area contributed by atoms with Gasteiger partial charge in [0.15, 0.2) is 11.0 Å². The Kier molecular flexibility index (Phi) is 4.17. The normalized spacial score (nSPS) is 18.2. The van der Waals surface area contributed by atoms with E-state index in [0.29, 0.717) is 0 Å². The molecule has 0 N–H and O–H groups in total. The molecule has 3 rings (SSSR count). The first-order valence-corrected chi connectivity index (χ1v) is 9.17. The minimum Gasteiger partial charge on any atom is -0.305 e. The lowest BCUT2D eigenvalue weighted by atomic mass is 9.87. The summed E-state index contributed by atoms with van der Waals surface area (Å²) in [7, 11) is 2.07. The number of hydrogen-bond donors (Lipinski definition) is 0. The molecule has 0 aliphatic heterocycles. The molecule has 0 bridgehead atoms. The number of nitrogens with zero attached hydrogens (tertiary/aromatic N) is 3. The second-order valence-corrected chi connectivity index (χ2v) is 7.74. The van der Waals surface area contributed by atoms with Gasteiger partial charge in [-0.1, -0.05) is 32.0 Å². The lowest BCUT2D eigenvalue weighted by molar-refractivity contribution is 0.449. The zero-order chi connectivity index (χ0) is 14.1. The molecular weight excluding hydrogens is 286 g/mol. The highest BCUT2D eigenvalue weighted by molar-refractivity contribution is 7.99. The zero-order valence-electron chi connectivity index (χ0n) is 12.3. The van der Waals surface area contributed by atoms with Crippen LogP contribution in [0.4, 0.5) is 0 Å². The van der Waals surface area contributed by atoms with E-state index < -0.39 is 0 Å². The number of thiophene rings is 1. The number of thioether (sulfide) groups is 1. The maximum atomic E-state index is 4.39. The van der Waals surface area contributed by atoms with Gasteiger partial charge in [-0.3, -0.25) is 0 Å². The van der Waals surface area contributed by atoms with Crippen LogP contribution in [0.15, 0.2) is 11.2 Å². The zero-order valence-corrected chi connectivity index (χ0v) is 14.0. The molecule has 0 amide bonds. The average Bonchev–Trinajstić information content (AvgIpc) is 3.02. The van der Waals surface area contributed by atoms with Gasteiger partial charge in [-0.2, -0.15) is 0 Å². The highest BCUT2D eigenvalue weighted by atomic mass is 32.2. The van der Waals surface area contributed by atoms with E-state index in [1.165, 1.54) is 30.6 Å². The SMILES string of the molecule is CCSc1nnc(-c2cc3c(s2)CCC(CC)C3)n1C. The van der Waals surface area contributed by atoms with Gasteiger partial charge in [0.2, 0.25) is 0 Å². The van der Waals surface area contributed by atoms with Crippen LogP contribution in [0, 0.1) is 5.92 Å². The lowest BCUT2D eigenvalue weighted by Gasteiger charge is -2.19. The third-order valence-electron chi connectivity index (χ3n) is 4.09. The van der Waals surface area contributed by atoms with Crippen molar-refractivity contribution < 1.29 is 0 Å². The Balaban J connectivity index is 1.90. The van der Waals surface area contributed by atoms with Crippen LogP contribution in [0.3, 0.4) is 0 Å². The minimum atomic E-state index is 0.871. The van der Waals surface area contributed by atoms with E-state index in [2.05, 4.69) is 41.7 Å². The van der Waals surface area contributed by atoms with Gasteiger partial charge in [-0.25, -0.2) is 0 Å². The van der Waals surface area contributed by atoms with E-state index >= 15 is 0 Å². The van der Waals surface area contributed by atoms with E-state index in [-0.39, 0.29) is 0 Å². The van der Waals surface area contributed by atoms with Crippen LogP contribution in [0.25, 0.3) is 10.7 Å². The molecule has 5 heteroatoms. The van der Waals surface area contributed by atoms with Crippen LogP contribution >= 0.6 is 23.1 Å². The summed E-state index contributed by atoms with van der Waals surface area (Å²) in [4.78, 5) is 2.85. The number of hydrogen-bond acceptors (Lipinski definition) is 4. The lowest BCUT2D eigenvalue weighted by Crippen LogP contribution is -2.10. The van der Waals surface area contributed by atoms with Gasteiger partial charge in [-0.15, -0.1) is 21.5 Å². The Hall–Kier alpha value is -0.810. The topological polar surface area (TPSA) is 30.7 Å². The first-order valence-electron chi connectivity index (χ1n) is 7.37. The minimum absolute atomic E-state index is 0.871. The Morgan fingerprint density at radius 1 is 1.40 bits per heavy atom.